The minimum Gasteiger partial charge on any atom is -0.316 e. The van der Waals surface area contributed by atoms with Gasteiger partial charge in [0.2, 0.25) is 0 Å². The summed E-state index contributed by atoms with van der Waals surface area (Å²) in [5.74, 6) is 1.77. The van der Waals surface area contributed by atoms with Crippen LogP contribution in [-0.2, 0) is 0 Å². The maximum absolute atomic E-state index is 4.36. The molecular weight excluding hydrogens is 284 g/mol. The van der Waals surface area contributed by atoms with Crippen molar-refractivity contribution in [2.45, 2.75) is 31.3 Å². The Kier molecular flexibility index (Phi) is 6.39. The highest BCUT2D eigenvalue weighted by Crippen LogP contribution is 2.21. The van der Waals surface area contributed by atoms with Crippen LogP contribution >= 0.6 is 27.7 Å². The van der Waals surface area contributed by atoms with Gasteiger partial charge in [-0.05, 0) is 41.0 Å². The Morgan fingerprint density at radius 2 is 2.25 bits per heavy atom. The molecule has 0 aliphatic heterocycles. The molecular formula is C12H19BrN2S. The van der Waals surface area contributed by atoms with E-state index in [0.29, 0.717) is 12.0 Å². The van der Waals surface area contributed by atoms with Crippen molar-refractivity contribution in [3.8, 4) is 0 Å². The molecule has 0 aromatic carbocycles. The summed E-state index contributed by atoms with van der Waals surface area (Å²) in [5, 5.41) is 4.47. The van der Waals surface area contributed by atoms with Crippen LogP contribution in [0, 0.1) is 5.92 Å². The van der Waals surface area contributed by atoms with Crippen LogP contribution in [0.3, 0.4) is 0 Å². The number of nitrogens with one attached hydrogen (secondary N) is 1. The van der Waals surface area contributed by atoms with Gasteiger partial charge in [0.25, 0.3) is 0 Å². The summed E-state index contributed by atoms with van der Waals surface area (Å²) in [6.45, 7) is 4.52. The van der Waals surface area contributed by atoms with Crippen molar-refractivity contribution in [1.29, 1.82) is 0 Å². The summed E-state index contributed by atoms with van der Waals surface area (Å²) in [6, 6.07) is 4.64. The van der Waals surface area contributed by atoms with Crippen molar-refractivity contribution < 1.29 is 0 Å². The fourth-order valence-corrected chi connectivity index (χ4v) is 2.81. The molecule has 0 saturated heterocycles. The molecule has 1 heterocycles. The van der Waals surface area contributed by atoms with E-state index in [9.17, 15) is 0 Å². The van der Waals surface area contributed by atoms with Gasteiger partial charge in [-0.25, -0.2) is 4.98 Å². The summed E-state index contributed by atoms with van der Waals surface area (Å²) in [7, 11) is 2.03. The van der Waals surface area contributed by atoms with Crippen LogP contribution in [0.25, 0.3) is 0 Å². The largest absolute Gasteiger partial charge is 0.316 e. The van der Waals surface area contributed by atoms with Crippen LogP contribution in [-0.4, -0.2) is 23.8 Å². The van der Waals surface area contributed by atoms with Crippen LogP contribution in [0.15, 0.2) is 27.8 Å². The minimum absolute atomic E-state index is 0.556. The highest BCUT2D eigenvalue weighted by atomic mass is 79.9. The van der Waals surface area contributed by atoms with Crippen molar-refractivity contribution in [3.05, 3.63) is 22.8 Å². The fraction of sp³-hybridized carbons (Fsp3) is 0.583. The minimum atomic E-state index is 0.556. The molecule has 1 aromatic heterocycles. The Morgan fingerprint density at radius 3 is 2.75 bits per heavy atom. The average Bonchev–Trinajstić information content (AvgIpc) is 2.31. The lowest BCUT2D eigenvalue weighted by Crippen LogP contribution is -2.34. The van der Waals surface area contributed by atoms with E-state index in [1.807, 2.05) is 31.1 Å². The van der Waals surface area contributed by atoms with Gasteiger partial charge >= 0.3 is 0 Å². The summed E-state index contributed by atoms with van der Waals surface area (Å²) in [6.07, 6.45) is 3.06. The predicted molar refractivity (Wildman–Crippen MR) is 75.0 cm³/mol. The smallest absolute Gasteiger partial charge is 0.0961 e. The first-order valence-electron chi connectivity index (χ1n) is 5.59. The third kappa shape index (κ3) is 4.44. The first kappa shape index (κ1) is 14.0. The van der Waals surface area contributed by atoms with E-state index in [2.05, 4.69) is 46.1 Å². The first-order valence-corrected chi connectivity index (χ1v) is 7.36. The molecule has 0 fully saturated rings. The fourth-order valence-electron chi connectivity index (χ4n) is 1.44. The van der Waals surface area contributed by atoms with Crippen molar-refractivity contribution in [1.82, 2.24) is 10.3 Å². The van der Waals surface area contributed by atoms with Gasteiger partial charge in [-0.2, -0.15) is 0 Å². The summed E-state index contributed by atoms with van der Waals surface area (Å²) in [4.78, 5) is 4.36. The highest BCUT2D eigenvalue weighted by Gasteiger charge is 2.13. The van der Waals surface area contributed by atoms with E-state index in [0.717, 1.165) is 15.3 Å². The molecule has 2 nitrogen and oxygen atoms in total. The Bertz CT molecular complexity index is 302. The standard InChI is InChI=1S/C12H19BrN2S/c1-4-9(2)11(14-3)8-16-12-6-5-10(13)7-15-12/h5-7,9,11,14H,4,8H2,1-3H3. The Morgan fingerprint density at radius 1 is 1.50 bits per heavy atom. The molecule has 0 bridgehead atoms. The number of rotatable bonds is 6. The van der Waals surface area contributed by atoms with E-state index in [4.69, 9.17) is 0 Å². The molecule has 2 unspecified atom stereocenters. The zero-order chi connectivity index (χ0) is 12.0. The average molecular weight is 303 g/mol. The lowest BCUT2D eigenvalue weighted by Gasteiger charge is -2.21. The second kappa shape index (κ2) is 7.30. The molecule has 0 radical (unpaired) electrons. The molecule has 16 heavy (non-hydrogen) atoms. The molecule has 90 valence electrons. The molecule has 2 atom stereocenters. The quantitative estimate of drug-likeness (QED) is 0.813. The molecule has 0 aliphatic carbocycles. The van der Waals surface area contributed by atoms with Crippen LogP contribution in [0.1, 0.15) is 20.3 Å². The molecule has 4 heteroatoms. The number of hydrogen-bond donors (Lipinski definition) is 1. The van der Waals surface area contributed by atoms with Gasteiger partial charge < -0.3 is 5.32 Å². The number of hydrogen-bond acceptors (Lipinski definition) is 3. The van der Waals surface area contributed by atoms with Gasteiger partial charge in [0.05, 0.1) is 5.03 Å². The van der Waals surface area contributed by atoms with Gasteiger partial charge in [-0.1, -0.05) is 20.3 Å². The number of nitrogens with zero attached hydrogens (tertiary/aromatic N) is 1. The van der Waals surface area contributed by atoms with Crippen LogP contribution in [0.2, 0.25) is 0 Å². The molecule has 1 rings (SSSR count). The monoisotopic (exact) mass is 302 g/mol. The SMILES string of the molecule is CCC(C)C(CSc1ccc(Br)cn1)NC. The predicted octanol–water partition coefficient (Wildman–Crippen LogP) is 3.57. The Balaban J connectivity index is 2.46. The van der Waals surface area contributed by atoms with Crippen LogP contribution < -0.4 is 5.32 Å². The zero-order valence-corrected chi connectivity index (χ0v) is 12.4. The first-order chi connectivity index (χ1) is 7.67. The topological polar surface area (TPSA) is 24.9 Å². The molecule has 0 amide bonds. The summed E-state index contributed by atoms with van der Waals surface area (Å²) < 4.78 is 1.03. The molecule has 0 spiro atoms. The third-order valence-electron chi connectivity index (χ3n) is 2.81. The van der Waals surface area contributed by atoms with Gasteiger partial charge in [-0.15, -0.1) is 11.8 Å². The molecule has 1 N–H and O–H groups in total. The Labute approximate surface area is 111 Å². The van der Waals surface area contributed by atoms with Crippen molar-refractivity contribution in [2.24, 2.45) is 5.92 Å². The third-order valence-corrected chi connectivity index (χ3v) is 4.34. The number of thioether (sulfide) groups is 1. The second-order valence-corrected chi connectivity index (χ2v) is 5.86. The number of halogens is 1. The van der Waals surface area contributed by atoms with Crippen molar-refractivity contribution in [3.63, 3.8) is 0 Å². The molecule has 1 aromatic rings. The lowest BCUT2D eigenvalue weighted by molar-refractivity contribution is 0.420. The highest BCUT2D eigenvalue weighted by molar-refractivity contribution is 9.10. The van der Waals surface area contributed by atoms with Gasteiger partial charge in [0.15, 0.2) is 0 Å². The Hall–Kier alpha value is -0.0600. The van der Waals surface area contributed by atoms with Crippen LogP contribution in [0.4, 0.5) is 0 Å². The second-order valence-electron chi connectivity index (χ2n) is 3.91. The lowest BCUT2D eigenvalue weighted by atomic mass is 10.0. The van der Waals surface area contributed by atoms with Crippen molar-refractivity contribution >= 4 is 27.7 Å². The normalized spacial score (nSPS) is 14.8. The van der Waals surface area contributed by atoms with Gasteiger partial charge in [0, 0.05) is 22.5 Å². The van der Waals surface area contributed by atoms with E-state index in [-0.39, 0.29) is 0 Å². The molecule has 0 saturated carbocycles. The maximum atomic E-state index is 4.36. The van der Waals surface area contributed by atoms with E-state index < -0.39 is 0 Å². The number of pyridine rings is 1. The van der Waals surface area contributed by atoms with Gasteiger partial charge in [-0.3, -0.25) is 0 Å². The zero-order valence-electron chi connectivity index (χ0n) is 10.0. The van der Waals surface area contributed by atoms with Crippen LogP contribution in [0.5, 0.6) is 0 Å². The molecule has 0 aliphatic rings. The van der Waals surface area contributed by atoms with E-state index in [1.54, 1.807) is 0 Å². The van der Waals surface area contributed by atoms with E-state index in [1.165, 1.54) is 6.42 Å². The maximum Gasteiger partial charge on any atom is 0.0961 e. The number of aromatic nitrogens is 1. The summed E-state index contributed by atoms with van der Waals surface area (Å²) >= 11 is 5.20. The van der Waals surface area contributed by atoms with Crippen molar-refractivity contribution in [2.75, 3.05) is 12.8 Å². The summed E-state index contributed by atoms with van der Waals surface area (Å²) in [5.41, 5.74) is 0. The van der Waals surface area contributed by atoms with Gasteiger partial charge in [0.1, 0.15) is 0 Å². The van der Waals surface area contributed by atoms with E-state index >= 15 is 0 Å².